The molecule has 1 saturated carbocycles. The van der Waals surface area contributed by atoms with E-state index in [2.05, 4.69) is 35.0 Å². The Labute approximate surface area is 159 Å². The summed E-state index contributed by atoms with van der Waals surface area (Å²) in [5.74, 6) is 0.649. The van der Waals surface area contributed by atoms with Gasteiger partial charge in [-0.3, -0.25) is 9.69 Å². The number of carbonyl (C=O) groups excluding carboxylic acids is 1. The number of piperidine rings is 2. The van der Waals surface area contributed by atoms with Crippen LogP contribution < -0.4 is 0 Å². The zero-order chi connectivity index (χ0) is 18.8. The lowest BCUT2D eigenvalue weighted by atomic mass is 9.54. The summed E-state index contributed by atoms with van der Waals surface area (Å²) in [7, 11) is 1.52. The van der Waals surface area contributed by atoms with Crippen LogP contribution in [0, 0.1) is 11.8 Å². The van der Waals surface area contributed by atoms with Gasteiger partial charge in [-0.15, -0.1) is 0 Å². The van der Waals surface area contributed by atoms with E-state index in [0.717, 1.165) is 43.4 Å². The smallest absolute Gasteiger partial charge is 0.319 e. The number of methoxy groups -OCH3 is 1. The maximum Gasteiger partial charge on any atom is 0.319 e. The van der Waals surface area contributed by atoms with Crippen LogP contribution in [0.25, 0.3) is 10.9 Å². The minimum atomic E-state index is -0.658. The highest BCUT2D eigenvalue weighted by Gasteiger charge is 2.65. The first-order valence-electron chi connectivity index (χ1n) is 10.2. The highest BCUT2D eigenvalue weighted by Crippen LogP contribution is 2.57. The van der Waals surface area contributed by atoms with E-state index < -0.39 is 5.41 Å². The maximum atomic E-state index is 13.4. The Bertz CT molecular complexity index is 891. The van der Waals surface area contributed by atoms with Gasteiger partial charge in [0, 0.05) is 35.2 Å². The Morgan fingerprint density at radius 2 is 2.22 bits per heavy atom. The number of benzene rings is 1. The van der Waals surface area contributed by atoms with Gasteiger partial charge in [-0.05, 0) is 42.7 Å². The molecule has 6 atom stereocenters. The zero-order valence-corrected chi connectivity index (χ0v) is 16.1. The Hall–Kier alpha value is -1.85. The predicted octanol–water partition coefficient (Wildman–Crippen LogP) is 2.62. The third kappa shape index (κ3) is 2.10. The summed E-state index contributed by atoms with van der Waals surface area (Å²) in [6, 6.07) is 8.60. The molecule has 2 saturated heterocycles. The van der Waals surface area contributed by atoms with Gasteiger partial charge in [-0.2, -0.15) is 0 Å². The number of nitrogens with zero attached hydrogens (tertiary/aromatic N) is 1. The van der Waals surface area contributed by atoms with Gasteiger partial charge >= 0.3 is 5.97 Å². The fourth-order valence-electron chi connectivity index (χ4n) is 6.63. The average Bonchev–Trinajstić information content (AvgIpc) is 3.04. The van der Waals surface area contributed by atoms with Gasteiger partial charge in [0.15, 0.2) is 0 Å². The number of aliphatic hydroxyl groups excluding tert-OH is 1. The molecule has 1 aromatic heterocycles. The van der Waals surface area contributed by atoms with E-state index in [1.165, 1.54) is 18.1 Å². The molecule has 1 aromatic carbocycles. The largest absolute Gasteiger partial charge is 0.468 e. The number of aromatic nitrogens is 1. The molecule has 2 aromatic rings. The van der Waals surface area contributed by atoms with Gasteiger partial charge in [-0.1, -0.05) is 31.5 Å². The highest BCUT2D eigenvalue weighted by atomic mass is 16.5. The predicted molar refractivity (Wildman–Crippen MR) is 104 cm³/mol. The number of hydrogen-bond acceptors (Lipinski definition) is 4. The molecule has 27 heavy (non-hydrogen) atoms. The number of aromatic amines is 1. The van der Waals surface area contributed by atoms with Crippen LogP contribution in [0.3, 0.4) is 0 Å². The SMILES string of the molecule is CC[C@H]1CC2C[C@@]3(C(=O)OC)c4[nH]c5ccccc5c4CCN([C@@H]2CO)[C@@H]13. The van der Waals surface area contributed by atoms with Crippen molar-refractivity contribution in [2.45, 2.75) is 50.1 Å². The molecule has 4 aliphatic rings. The van der Waals surface area contributed by atoms with Crippen molar-refractivity contribution >= 4 is 16.9 Å². The average molecular weight is 368 g/mol. The van der Waals surface area contributed by atoms with Crippen molar-refractivity contribution in [1.29, 1.82) is 0 Å². The van der Waals surface area contributed by atoms with E-state index in [-0.39, 0.29) is 24.7 Å². The Kier molecular flexibility index (Phi) is 3.89. The van der Waals surface area contributed by atoms with Crippen molar-refractivity contribution in [2.75, 3.05) is 20.3 Å². The Balaban J connectivity index is 1.79. The molecule has 0 amide bonds. The maximum absolute atomic E-state index is 13.4. The van der Waals surface area contributed by atoms with Crippen molar-refractivity contribution in [2.24, 2.45) is 11.8 Å². The number of aliphatic hydroxyl groups is 1. The summed E-state index contributed by atoms with van der Waals surface area (Å²) in [5.41, 5.74) is 2.78. The topological polar surface area (TPSA) is 65.6 Å². The molecule has 2 N–H and O–H groups in total. The second-order valence-electron chi connectivity index (χ2n) is 8.54. The summed E-state index contributed by atoms with van der Waals surface area (Å²) < 4.78 is 5.44. The molecule has 144 valence electrons. The molecule has 3 aliphatic heterocycles. The van der Waals surface area contributed by atoms with Gasteiger partial charge < -0.3 is 14.8 Å². The zero-order valence-electron chi connectivity index (χ0n) is 16.1. The van der Waals surface area contributed by atoms with Crippen molar-refractivity contribution < 1.29 is 14.6 Å². The summed E-state index contributed by atoms with van der Waals surface area (Å²) >= 11 is 0. The van der Waals surface area contributed by atoms with Gasteiger partial charge in [-0.25, -0.2) is 0 Å². The number of rotatable bonds is 3. The molecule has 2 unspecified atom stereocenters. The van der Waals surface area contributed by atoms with Gasteiger partial charge in [0.1, 0.15) is 5.41 Å². The van der Waals surface area contributed by atoms with E-state index in [1.807, 2.05) is 6.07 Å². The first-order chi connectivity index (χ1) is 13.2. The number of ether oxygens (including phenoxy) is 1. The number of hydrogen-bond donors (Lipinski definition) is 2. The minimum absolute atomic E-state index is 0.0893. The van der Waals surface area contributed by atoms with Crippen molar-refractivity contribution in [1.82, 2.24) is 9.88 Å². The molecule has 1 aliphatic carbocycles. The summed E-state index contributed by atoms with van der Waals surface area (Å²) in [4.78, 5) is 19.5. The third-order valence-electron chi connectivity index (χ3n) is 7.61. The Morgan fingerprint density at radius 1 is 1.41 bits per heavy atom. The monoisotopic (exact) mass is 368 g/mol. The summed E-state index contributed by atoms with van der Waals surface area (Å²) in [5, 5.41) is 11.3. The highest BCUT2D eigenvalue weighted by molar-refractivity contribution is 5.91. The lowest BCUT2D eigenvalue weighted by Crippen LogP contribution is -2.71. The molecule has 0 spiro atoms. The molecule has 5 nitrogen and oxygen atoms in total. The number of carbonyl (C=O) groups is 1. The van der Waals surface area contributed by atoms with Crippen LogP contribution in [0.15, 0.2) is 24.3 Å². The normalized spacial score (nSPS) is 37.1. The lowest BCUT2D eigenvalue weighted by Gasteiger charge is -2.61. The molecule has 5 heteroatoms. The van der Waals surface area contributed by atoms with Crippen LogP contribution in [0.1, 0.15) is 37.4 Å². The third-order valence-corrected chi connectivity index (χ3v) is 7.61. The number of nitrogens with one attached hydrogen (secondary N) is 1. The minimum Gasteiger partial charge on any atom is -0.468 e. The van der Waals surface area contributed by atoms with Crippen LogP contribution in [0.2, 0.25) is 0 Å². The summed E-state index contributed by atoms with van der Waals surface area (Å²) in [6.45, 7) is 3.28. The second-order valence-corrected chi connectivity index (χ2v) is 8.54. The van der Waals surface area contributed by atoms with Crippen LogP contribution in [-0.2, 0) is 21.4 Å². The lowest BCUT2D eigenvalue weighted by molar-refractivity contribution is -0.170. The van der Waals surface area contributed by atoms with Crippen molar-refractivity contribution in [3.63, 3.8) is 0 Å². The van der Waals surface area contributed by atoms with Crippen molar-refractivity contribution in [3.8, 4) is 0 Å². The van der Waals surface area contributed by atoms with E-state index in [9.17, 15) is 9.90 Å². The quantitative estimate of drug-likeness (QED) is 0.818. The number of para-hydroxylation sites is 1. The van der Waals surface area contributed by atoms with Crippen LogP contribution in [0.4, 0.5) is 0 Å². The summed E-state index contributed by atoms with van der Waals surface area (Å²) in [6.07, 6.45) is 3.80. The van der Waals surface area contributed by atoms with E-state index >= 15 is 0 Å². The molecule has 3 fully saturated rings. The molecule has 6 rings (SSSR count). The first kappa shape index (κ1) is 17.3. The molecule has 4 bridgehead atoms. The van der Waals surface area contributed by atoms with Crippen LogP contribution in [0.5, 0.6) is 0 Å². The van der Waals surface area contributed by atoms with Crippen LogP contribution >= 0.6 is 0 Å². The van der Waals surface area contributed by atoms with Crippen LogP contribution in [-0.4, -0.2) is 53.3 Å². The fourth-order valence-corrected chi connectivity index (χ4v) is 6.63. The fraction of sp³-hybridized carbons (Fsp3) is 0.591. The Morgan fingerprint density at radius 3 is 2.96 bits per heavy atom. The van der Waals surface area contributed by atoms with E-state index in [1.54, 1.807) is 0 Å². The standard InChI is InChI=1S/C22H28N2O3/c1-3-13-10-14-11-22(21(26)27-2)19-16(15-6-4-5-7-17(15)23-19)8-9-24(20(13)22)18(14)12-25/h4-7,13-14,18,20,23,25H,3,8-12H2,1-2H3/t13-,14?,18+,20-,22+/m0/s1. The number of fused-ring (bicyclic) bond motifs is 4. The molecular formula is C22H28N2O3. The molecule has 0 radical (unpaired) electrons. The second kappa shape index (κ2) is 6.08. The van der Waals surface area contributed by atoms with Gasteiger partial charge in [0.2, 0.25) is 0 Å². The number of esters is 1. The number of H-pyrrole nitrogens is 1. The van der Waals surface area contributed by atoms with Gasteiger partial charge in [0.25, 0.3) is 0 Å². The van der Waals surface area contributed by atoms with E-state index in [0.29, 0.717) is 11.8 Å². The van der Waals surface area contributed by atoms with Crippen molar-refractivity contribution in [3.05, 3.63) is 35.5 Å². The van der Waals surface area contributed by atoms with Gasteiger partial charge in [0.05, 0.1) is 13.7 Å². The molecular weight excluding hydrogens is 340 g/mol. The van der Waals surface area contributed by atoms with E-state index in [4.69, 9.17) is 4.74 Å². The first-order valence-corrected chi connectivity index (χ1v) is 10.2. The molecule has 4 heterocycles.